The minimum absolute atomic E-state index is 0.00654. The summed E-state index contributed by atoms with van der Waals surface area (Å²) in [5, 5.41) is 27.4. The van der Waals surface area contributed by atoms with Crippen molar-refractivity contribution in [1.82, 2.24) is 15.3 Å². The zero-order chi connectivity index (χ0) is 32.0. The molecule has 1 amide bonds. The van der Waals surface area contributed by atoms with Gasteiger partial charge in [0.1, 0.15) is 0 Å². The van der Waals surface area contributed by atoms with Gasteiger partial charge in [0.05, 0.1) is 34.1 Å². The maximum absolute atomic E-state index is 12.9. The molecule has 2 aromatic rings. The van der Waals surface area contributed by atoms with Crippen LogP contribution in [0.4, 0.5) is 0 Å². The van der Waals surface area contributed by atoms with Gasteiger partial charge in [-0.1, -0.05) is 66.0 Å². The minimum atomic E-state index is -0.986. The molecule has 4 fully saturated rings. The molecule has 1 heterocycles. The van der Waals surface area contributed by atoms with E-state index in [4.69, 9.17) is 9.97 Å². The van der Waals surface area contributed by atoms with Crippen LogP contribution in [0.5, 0.6) is 0 Å². The van der Waals surface area contributed by atoms with Gasteiger partial charge in [0.2, 0.25) is 5.91 Å². The van der Waals surface area contributed by atoms with Crippen LogP contribution in [0, 0.1) is 39.9 Å². The van der Waals surface area contributed by atoms with Crippen LogP contribution in [0.3, 0.4) is 0 Å². The molecule has 5 aliphatic carbocycles. The van der Waals surface area contributed by atoms with Crippen LogP contribution in [0.1, 0.15) is 130 Å². The molecule has 0 unspecified atom stereocenters. The van der Waals surface area contributed by atoms with Crippen LogP contribution in [0.2, 0.25) is 0 Å². The highest BCUT2D eigenvalue weighted by molar-refractivity contribution is 5.76. The fraction of sp³-hybridized carbons (Fsp3) is 0.769. The Morgan fingerprint density at radius 2 is 1.60 bits per heavy atom. The number of benzene rings is 1. The number of fused-ring (bicyclic) bond motifs is 7. The van der Waals surface area contributed by atoms with E-state index < -0.39 is 11.7 Å². The molecule has 0 radical (unpaired) electrons. The lowest BCUT2D eigenvalue weighted by molar-refractivity contribution is -0.224. The molecule has 6 heteroatoms. The van der Waals surface area contributed by atoms with Crippen LogP contribution in [-0.4, -0.2) is 43.8 Å². The van der Waals surface area contributed by atoms with Crippen LogP contribution in [0.25, 0.3) is 11.0 Å². The molecule has 7 rings (SSSR count). The second kappa shape index (κ2) is 10.7. The van der Waals surface area contributed by atoms with Crippen molar-refractivity contribution >= 4 is 16.9 Å². The van der Waals surface area contributed by atoms with Gasteiger partial charge >= 0.3 is 0 Å². The number of amides is 1. The molecular formula is C39H57N3O3. The number of nitrogens with zero attached hydrogens (tertiary/aromatic N) is 2. The molecule has 4 saturated carbocycles. The summed E-state index contributed by atoms with van der Waals surface area (Å²) in [6, 6.07) is 8.55. The topological polar surface area (TPSA) is 95.3 Å². The normalized spacial score (nSPS) is 40.5. The third-order valence-corrected chi connectivity index (χ3v) is 15.0. The standard InChI is InChI=1S/C39H57N3O3/c1-35(2)30-17-20-37(4)31(36(30,3)23-28-34(35)42-27-15-11-10-14-26(27)41-28)22-29(43)33-25(16-19-38(33,37)5)39(6,45)21-18-32(44)40-24-12-8-7-9-13-24/h10-11,14-15,24-25,29-31,33,43,45H,7-9,12-13,16-23H2,1-6H3,(H,40,44)/t25-,29+,30-,31+,33-,36-,37+,38+,39-/m0/s1. The largest absolute Gasteiger partial charge is 0.393 e. The maximum atomic E-state index is 12.9. The number of aliphatic hydroxyl groups is 2. The molecule has 9 atom stereocenters. The Hall–Kier alpha value is -2.05. The lowest BCUT2D eigenvalue weighted by atomic mass is 9.35. The number of para-hydroxylation sites is 2. The summed E-state index contributed by atoms with van der Waals surface area (Å²) in [4.78, 5) is 23.4. The zero-order valence-electron chi connectivity index (χ0n) is 28.7. The van der Waals surface area contributed by atoms with E-state index in [1.165, 1.54) is 19.3 Å². The predicted octanol–water partition coefficient (Wildman–Crippen LogP) is 7.28. The third-order valence-electron chi connectivity index (χ3n) is 15.0. The first kappa shape index (κ1) is 31.5. The van der Waals surface area contributed by atoms with Crippen molar-refractivity contribution in [2.45, 2.75) is 148 Å². The lowest BCUT2D eigenvalue weighted by Crippen LogP contribution is -2.66. The third kappa shape index (κ3) is 4.73. The van der Waals surface area contributed by atoms with E-state index in [1.54, 1.807) is 0 Å². The van der Waals surface area contributed by atoms with Gasteiger partial charge in [0.15, 0.2) is 0 Å². The molecule has 0 spiro atoms. The van der Waals surface area contributed by atoms with Gasteiger partial charge in [-0.05, 0) is 117 Å². The summed E-state index contributed by atoms with van der Waals surface area (Å²) in [6.45, 7) is 14.2. The van der Waals surface area contributed by atoms with E-state index in [1.807, 2.05) is 13.0 Å². The molecule has 5 aliphatic rings. The Morgan fingerprint density at radius 1 is 0.933 bits per heavy atom. The van der Waals surface area contributed by atoms with Gasteiger partial charge in [0, 0.05) is 17.9 Å². The quantitative estimate of drug-likeness (QED) is 0.329. The number of carbonyl (C=O) groups is 1. The first-order valence-electron chi connectivity index (χ1n) is 18.2. The Balaban J connectivity index is 1.15. The Kier molecular flexibility index (Phi) is 7.53. The van der Waals surface area contributed by atoms with Gasteiger partial charge in [-0.25, -0.2) is 9.97 Å². The average molecular weight is 616 g/mol. The number of hydrogen-bond acceptors (Lipinski definition) is 5. The maximum Gasteiger partial charge on any atom is 0.220 e. The van der Waals surface area contributed by atoms with Crippen LogP contribution in [-0.2, 0) is 16.6 Å². The van der Waals surface area contributed by atoms with Crippen molar-refractivity contribution in [1.29, 1.82) is 0 Å². The summed E-state index contributed by atoms with van der Waals surface area (Å²) < 4.78 is 0. The van der Waals surface area contributed by atoms with E-state index in [0.29, 0.717) is 30.7 Å². The van der Waals surface area contributed by atoms with Crippen molar-refractivity contribution < 1.29 is 15.0 Å². The number of aliphatic hydroxyl groups excluding tert-OH is 1. The van der Waals surface area contributed by atoms with Crippen molar-refractivity contribution in [3.63, 3.8) is 0 Å². The first-order valence-corrected chi connectivity index (χ1v) is 18.2. The molecule has 45 heavy (non-hydrogen) atoms. The first-order chi connectivity index (χ1) is 21.2. The van der Waals surface area contributed by atoms with E-state index >= 15 is 0 Å². The molecule has 0 saturated heterocycles. The second-order valence-corrected chi connectivity index (χ2v) is 17.6. The van der Waals surface area contributed by atoms with Crippen LogP contribution in [0.15, 0.2) is 24.3 Å². The highest BCUT2D eigenvalue weighted by atomic mass is 16.3. The van der Waals surface area contributed by atoms with Gasteiger partial charge < -0.3 is 15.5 Å². The van der Waals surface area contributed by atoms with E-state index in [0.717, 1.165) is 73.8 Å². The SMILES string of the molecule is CC1(C)c2nc3ccccc3nc2C[C@]2(C)[C@H]3C[C@@H](O)[C@@H]4[C@@H]([C@@](C)(O)CCC(=O)NC5CCCCC5)CC[C@@]4(C)[C@]3(C)CC[C@@H]12. The fourth-order valence-electron chi connectivity index (χ4n) is 12.6. The summed E-state index contributed by atoms with van der Waals surface area (Å²) in [7, 11) is 0. The van der Waals surface area contributed by atoms with Gasteiger partial charge in [-0.15, -0.1) is 0 Å². The van der Waals surface area contributed by atoms with Gasteiger partial charge in [-0.2, -0.15) is 0 Å². The summed E-state index contributed by atoms with van der Waals surface area (Å²) in [6.07, 6.45) is 12.0. The predicted molar refractivity (Wildman–Crippen MR) is 179 cm³/mol. The molecular weight excluding hydrogens is 558 g/mol. The Bertz CT molecular complexity index is 1460. The second-order valence-electron chi connectivity index (χ2n) is 17.6. The monoisotopic (exact) mass is 615 g/mol. The van der Waals surface area contributed by atoms with Crippen LogP contribution >= 0.6 is 0 Å². The van der Waals surface area contributed by atoms with Crippen molar-refractivity contribution in [3.8, 4) is 0 Å². The van der Waals surface area contributed by atoms with Gasteiger partial charge in [-0.3, -0.25) is 4.79 Å². The molecule has 3 N–H and O–H groups in total. The number of rotatable bonds is 5. The van der Waals surface area contributed by atoms with Crippen molar-refractivity contribution in [3.05, 3.63) is 35.7 Å². The van der Waals surface area contributed by atoms with Gasteiger partial charge in [0.25, 0.3) is 0 Å². The Labute approximate surface area is 270 Å². The number of nitrogens with one attached hydrogen (secondary N) is 1. The van der Waals surface area contributed by atoms with Crippen LogP contribution < -0.4 is 5.32 Å². The smallest absolute Gasteiger partial charge is 0.220 e. The molecule has 0 bridgehead atoms. The summed E-state index contributed by atoms with van der Waals surface area (Å²) in [5.74, 6) is 0.903. The fourth-order valence-corrected chi connectivity index (χ4v) is 12.6. The Morgan fingerprint density at radius 3 is 2.31 bits per heavy atom. The highest BCUT2D eigenvalue weighted by Gasteiger charge is 2.71. The highest BCUT2D eigenvalue weighted by Crippen LogP contribution is 2.75. The molecule has 6 nitrogen and oxygen atoms in total. The number of carbonyl (C=O) groups excluding carboxylic acids is 1. The molecule has 1 aromatic carbocycles. The minimum Gasteiger partial charge on any atom is -0.393 e. The van der Waals surface area contributed by atoms with E-state index in [9.17, 15) is 15.0 Å². The number of aromatic nitrogens is 2. The lowest BCUT2D eigenvalue weighted by Gasteiger charge is -2.69. The summed E-state index contributed by atoms with van der Waals surface area (Å²) >= 11 is 0. The average Bonchev–Trinajstić information content (AvgIpc) is 3.38. The summed E-state index contributed by atoms with van der Waals surface area (Å²) in [5.41, 5.74) is 3.12. The molecule has 0 aliphatic heterocycles. The molecule has 246 valence electrons. The van der Waals surface area contributed by atoms with Crippen molar-refractivity contribution in [2.24, 2.45) is 39.9 Å². The number of hydrogen-bond donors (Lipinski definition) is 3. The zero-order valence-corrected chi connectivity index (χ0v) is 28.7. The van der Waals surface area contributed by atoms with Crippen molar-refractivity contribution in [2.75, 3.05) is 0 Å². The van der Waals surface area contributed by atoms with E-state index in [-0.39, 0.29) is 39.4 Å². The molecule has 1 aromatic heterocycles. The van der Waals surface area contributed by atoms with E-state index in [2.05, 4.69) is 58.1 Å².